The van der Waals surface area contributed by atoms with Crippen molar-refractivity contribution in [2.45, 2.75) is 13.5 Å². The summed E-state index contributed by atoms with van der Waals surface area (Å²) in [5, 5.41) is 0.555. The molecule has 0 N–H and O–H groups in total. The molecule has 0 radical (unpaired) electrons. The SMILES string of the molecule is C=CCOc1ccc(-c2cccc(=O)n2CC)c(Cl)c1. The molecule has 0 fully saturated rings. The molecule has 1 heterocycles. The highest BCUT2D eigenvalue weighted by atomic mass is 35.5. The summed E-state index contributed by atoms with van der Waals surface area (Å²) in [7, 11) is 0. The van der Waals surface area contributed by atoms with Crippen molar-refractivity contribution in [2.75, 3.05) is 6.61 Å². The Kier molecular flexibility index (Phi) is 4.64. The van der Waals surface area contributed by atoms with Gasteiger partial charge >= 0.3 is 0 Å². The number of rotatable bonds is 5. The smallest absolute Gasteiger partial charge is 0.250 e. The summed E-state index contributed by atoms with van der Waals surface area (Å²) in [4.78, 5) is 11.8. The van der Waals surface area contributed by atoms with E-state index in [1.54, 1.807) is 28.8 Å². The van der Waals surface area contributed by atoms with Gasteiger partial charge in [-0.2, -0.15) is 0 Å². The molecular weight excluding hydrogens is 274 g/mol. The van der Waals surface area contributed by atoms with E-state index < -0.39 is 0 Å². The molecule has 0 atom stereocenters. The topological polar surface area (TPSA) is 31.2 Å². The molecule has 0 saturated carbocycles. The molecule has 4 heteroatoms. The lowest BCUT2D eigenvalue weighted by Crippen LogP contribution is -2.19. The maximum Gasteiger partial charge on any atom is 0.250 e. The van der Waals surface area contributed by atoms with Crippen molar-refractivity contribution in [2.24, 2.45) is 0 Å². The summed E-state index contributed by atoms with van der Waals surface area (Å²) in [6, 6.07) is 10.6. The van der Waals surface area contributed by atoms with E-state index >= 15 is 0 Å². The normalized spacial score (nSPS) is 10.3. The molecule has 0 saturated heterocycles. The molecule has 0 spiro atoms. The van der Waals surface area contributed by atoms with E-state index in [1.165, 1.54) is 0 Å². The highest BCUT2D eigenvalue weighted by Gasteiger charge is 2.09. The van der Waals surface area contributed by atoms with Crippen molar-refractivity contribution in [1.29, 1.82) is 0 Å². The maximum atomic E-state index is 11.8. The van der Waals surface area contributed by atoms with Gasteiger partial charge in [-0.3, -0.25) is 4.79 Å². The fourth-order valence-corrected chi connectivity index (χ4v) is 2.30. The van der Waals surface area contributed by atoms with Crippen molar-refractivity contribution in [1.82, 2.24) is 4.57 Å². The molecule has 0 unspecified atom stereocenters. The minimum atomic E-state index is -0.0342. The van der Waals surface area contributed by atoms with Gasteiger partial charge in [0.15, 0.2) is 0 Å². The van der Waals surface area contributed by atoms with Gasteiger partial charge in [-0.15, -0.1) is 0 Å². The lowest BCUT2D eigenvalue weighted by Gasteiger charge is -2.13. The van der Waals surface area contributed by atoms with Gasteiger partial charge in [0.25, 0.3) is 5.56 Å². The molecule has 0 bridgehead atoms. The van der Waals surface area contributed by atoms with E-state index in [-0.39, 0.29) is 5.56 Å². The van der Waals surface area contributed by atoms with Crippen molar-refractivity contribution in [3.8, 4) is 17.0 Å². The number of benzene rings is 1. The number of halogens is 1. The molecule has 0 aliphatic rings. The van der Waals surface area contributed by atoms with E-state index in [1.807, 2.05) is 25.1 Å². The second kappa shape index (κ2) is 6.44. The van der Waals surface area contributed by atoms with Gasteiger partial charge in [-0.05, 0) is 31.2 Å². The maximum absolute atomic E-state index is 11.8. The van der Waals surface area contributed by atoms with Crippen LogP contribution in [0.5, 0.6) is 5.75 Å². The monoisotopic (exact) mass is 289 g/mol. The Morgan fingerprint density at radius 3 is 2.80 bits per heavy atom. The van der Waals surface area contributed by atoms with Crippen LogP contribution in [-0.2, 0) is 6.54 Å². The zero-order valence-electron chi connectivity index (χ0n) is 11.3. The highest BCUT2D eigenvalue weighted by molar-refractivity contribution is 6.33. The second-order valence-corrected chi connectivity index (χ2v) is 4.64. The number of hydrogen-bond donors (Lipinski definition) is 0. The van der Waals surface area contributed by atoms with Gasteiger partial charge in [0.2, 0.25) is 0 Å². The van der Waals surface area contributed by atoms with Crippen LogP contribution in [0, 0.1) is 0 Å². The second-order valence-electron chi connectivity index (χ2n) is 4.23. The number of hydrogen-bond acceptors (Lipinski definition) is 2. The molecule has 0 aliphatic heterocycles. The standard InChI is InChI=1S/C16H16ClNO2/c1-3-10-20-12-8-9-13(14(17)11-12)15-6-5-7-16(19)18(15)4-2/h3,5-9,11H,1,4,10H2,2H3. The minimum absolute atomic E-state index is 0.0342. The van der Waals surface area contributed by atoms with E-state index in [9.17, 15) is 4.79 Å². The first kappa shape index (κ1) is 14.4. The summed E-state index contributed by atoms with van der Waals surface area (Å²) >= 11 is 6.30. The zero-order chi connectivity index (χ0) is 14.5. The summed E-state index contributed by atoms with van der Waals surface area (Å²) < 4.78 is 7.12. The predicted octanol–water partition coefficient (Wildman–Crippen LogP) is 3.75. The van der Waals surface area contributed by atoms with Crippen LogP contribution in [0.25, 0.3) is 11.3 Å². The lowest BCUT2D eigenvalue weighted by molar-refractivity contribution is 0.363. The molecule has 0 amide bonds. The Balaban J connectivity index is 2.46. The molecule has 1 aromatic carbocycles. The van der Waals surface area contributed by atoms with Gasteiger partial charge < -0.3 is 9.30 Å². The van der Waals surface area contributed by atoms with Crippen LogP contribution in [0.15, 0.2) is 53.8 Å². The molecule has 0 aliphatic carbocycles. The molecule has 3 nitrogen and oxygen atoms in total. The molecule has 1 aromatic heterocycles. The Labute approximate surface area is 123 Å². The first-order chi connectivity index (χ1) is 9.67. The van der Waals surface area contributed by atoms with Gasteiger partial charge in [-0.1, -0.05) is 30.3 Å². The van der Waals surface area contributed by atoms with Crippen LogP contribution in [0.2, 0.25) is 5.02 Å². The van der Waals surface area contributed by atoms with Crippen LogP contribution in [0.4, 0.5) is 0 Å². The number of aromatic nitrogens is 1. The average Bonchev–Trinajstić information content (AvgIpc) is 2.45. The van der Waals surface area contributed by atoms with E-state index in [0.29, 0.717) is 23.9 Å². The van der Waals surface area contributed by atoms with Crippen LogP contribution in [0.3, 0.4) is 0 Å². The summed E-state index contributed by atoms with van der Waals surface area (Å²) in [5.41, 5.74) is 1.59. The largest absolute Gasteiger partial charge is 0.490 e. The summed E-state index contributed by atoms with van der Waals surface area (Å²) in [6.07, 6.45) is 1.67. The fourth-order valence-electron chi connectivity index (χ4n) is 2.03. The first-order valence-electron chi connectivity index (χ1n) is 6.41. The average molecular weight is 290 g/mol. The van der Waals surface area contributed by atoms with Gasteiger partial charge in [0.05, 0.1) is 10.7 Å². The molecule has 104 valence electrons. The van der Waals surface area contributed by atoms with Gasteiger partial charge in [0.1, 0.15) is 12.4 Å². The quantitative estimate of drug-likeness (QED) is 0.785. The van der Waals surface area contributed by atoms with Crippen molar-refractivity contribution in [3.05, 3.63) is 64.4 Å². The molecule has 20 heavy (non-hydrogen) atoms. The Bertz CT molecular complexity index is 676. The number of pyridine rings is 1. The van der Waals surface area contributed by atoms with Gasteiger partial charge in [-0.25, -0.2) is 0 Å². The lowest BCUT2D eigenvalue weighted by atomic mass is 10.1. The Morgan fingerprint density at radius 2 is 2.15 bits per heavy atom. The van der Waals surface area contributed by atoms with E-state index in [4.69, 9.17) is 16.3 Å². The molecule has 2 aromatic rings. The summed E-state index contributed by atoms with van der Waals surface area (Å²) in [6.45, 7) is 6.56. The number of nitrogens with zero attached hydrogens (tertiary/aromatic N) is 1. The first-order valence-corrected chi connectivity index (χ1v) is 6.78. The Hall–Kier alpha value is -2.00. The minimum Gasteiger partial charge on any atom is -0.490 e. The molecular formula is C16H16ClNO2. The van der Waals surface area contributed by atoms with E-state index in [2.05, 4.69) is 6.58 Å². The van der Waals surface area contributed by atoms with Crippen molar-refractivity contribution >= 4 is 11.6 Å². The third kappa shape index (κ3) is 2.94. The third-order valence-electron chi connectivity index (χ3n) is 2.95. The number of ether oxygens (including phenoxy) is 1. The predicted molar refractivity (Wildman–Crippen MR) is 82.5 cm³/mol. The van der Waals surface area contributed by atoms with Crippen LogP contribution in [0.1, 0.15) is 6.92 Å². The Morgan fingerprint density at radius 1 is 1.35 bits per heavy atom. The van der Waals surface area contributed by atoms with Gasteiger partial charge in [0, 0.05) is 18.2 Å². The van der Waals surface area contributed by atoms with Crippen LogP contribution < -0.4 is 10.3 Å². The fraction of sp³-hybridized carbons (Fsp3) is 0.188. The van der Waals surface area contributed by atoms with E-state index in [0.717, 1.165) is 11.3 Å². The van der Waals surface area contributed by atoms with Crippen molar-refractivity contribution in [3.63, 3.8) is 0 Å². The third-order valence-corrected chi connectivity index (χ3v) is 3.26. The molecule has 2 rings (SSSR count). The zero-order valence-corrected chi connectivity index (χ0v) is 12.1. The highest BCUT2D eigenvalue weighted by Crippen LogP contribution is 2.30. The van der Waals surface area contributed by atoms with Crippen LogP contribution in [-0.4, -0.2) is 11.2 Å². The van der Waals surface area contributed by atoms with Crippen LogP contribution >= 0.6 is 11.6 Å². The van der Waals surface area contributed by atoms with Crippen molar-refractivity contribution < 1.29 is 4.74 Å². The summed E-state index contributed by atoms with van der Waals surface area (Å²) in [5.74, 6) is 0.681.